The van der Waals surface area contributed by atoms with E-state index in [4.69, 9.17) is 0 Å². The molecule has 87 valence electrons. The molecule has 0 unspecified atom stereocenters. The van der Waals surface area contributed by atoms with Crippen LogP contribution in [0.25, 0.3) is 0 Å². The highest BCUT2D eigenvalue weighted by molar-refractivity contribution is 6.10. The first-order valence-electron chi connectivity index (χ1n) is 5.85. The van der Waals surface area contributed by atoms with Gasteiger partial charge in [0, 0.05) is 29.4 Å². The second kappa shape index (κ2) is 4.81. The number of H-pyrrole nitrogens is 1. The van der Waals surface area contributed by atoms with Gasteiger partial charge in [-0.25, -0.2) is 0 Å². The van der Waals surface area contributed by atoms with Crippen molar-refractivity contribution in [2.75, 3.05) is 0 Å². The number of rotatable bonds is 3. The highest BCUT2D eigenvalue weighted by Crippen LogP contribution is 2.32. The Balaban J connectivity index is 1.93. The molecular weight excluding hydrogens is 222 g/mol. The average molecular weight is 234 g/mol. The van der Waals surface area contributed by atoms with Gasteiger partial charge in [-0.05, 0) is 31.2 Å². The first kappa shape index (κ1) is 11.3. The van der Waals surface area contributed by atoms with Crippen LogP contribution in [-0.2, 0) is 0 Å². The van der Waals surface area contributed by atoms with Crippen molar-refractivity contribution in [3.8, 4) is 0 Å². The first-order valence-corrected chi connectivity index (χ1v) is 5.85. The van der Waals surface area contributed by atoms with E-state index in [0.29, 0.717) is 11.1 Å². The Morgan fingerprint density at radius 1 is 0.944 bits per heavy atom. The van der Waals surface area contributed by atoms with Gasteiger partial charge in [-0.2, -0.15) is 0 Å². The largest absolute Gasteiger partial charge is 0.367 e. The van der Waals surface area contributed by atoms with E-state index in [-0.39, 0.29) is 5.78 Å². The number of nitrogens with one attached hydrogen (secondary N) is 1. The van der Waals surface area contributed by atoms with Gasteiger partial charge in [0.1, 0.15) is 0 Å². The molecule has 2 aromatic rings. The van der Waals surface area contributed by atoms with Gasteiger partial charge in [0.2, 0.25) is 0 Å². The molecule has 1 N–H and O–H groups in total. The maximum Gasteiger partial charge on any atom is 0.194 e. The second-order valence-corrected chi connectivity index (χ2v) is 4.15. The van der Waals surface area contributed by atoms with Crippen LogP contribution in [-0.4, -0.2) is 10.8 Å². The van der Waals surface area contributed by atoms with Crippen LogP contribution in [0.3, 0.4) is 0 Å². The van der Waals surface area contributed by atoms with Gasteiger partial charge in [-0.15, -0.1) is 0 Å². The van der Waals surface area contributed by atoms with Crippen LogP contribution >= 0.6 is 0 Å². The third-order valence-corrected chi connectivity index (χ3v) is 3.00. The van der Waals surface area contributed by atoms with E-state index in [9.17, 15) is 4.79 Å². The van der Waals surface area contributed by atoms with Gasteiger partial charge < -0.3 is 4.98 Å². The lowest BCUT2D eigenvalue weighted by Gasteiger charge is -2.08. The molecule has 1 fully saturated rings. The predicted molar refractivity (Wildman–Crippen MR) is 70.2 cm³/mol. The zero-order chi connectivity index (χ0) is 12.4. The van der Waals surface area contributed by atoms with Gasteiger partial charge in [-0.1, -0.05) is 30.3 Å². The molecule has 2 nitrogen and oxygen atoms in total. The second-order valence-electron chi connectivity index (χ2n) is 4.15. The number of benzene rings is 1. The maximum atomic E-state index is 12.4. The summed E-state index contributed by atoms with van der Waals surface area (Å²) in [6, 6.07) is 9.34. The molecular formula is C16H12NO. The van der Waals surface area contributed by atoms with Crippen LogP contribution in [0, 0.1) is 31.6 Å². The molecule has 0 saturated heterocycles. The lowest BCUT2D eigenvalue weighted by molar-refractivity contribution is 0.103. The number of hydrogen-bond donors (Lipinski definition) is 1. The Hall–Kier alpha value is -1.83. The molecule has 1 heterocycles. The van der Waals surface area contributed by atoms with Crippen LogP contribution < -0.4 is 0 Å². The molecule has 0 spiro atoms. The van der Waals surface area contributed by atoms with Crippen molar-refractivity contribution in [1.82, 2.24) is 4.98 Å². The minimum atomic E-state index is 0.0491. The Bertz CT molecular complexity index is 535. The van der Waals surface area contributed by atoms with Gasteiger partial charge in [0.05, 0.1) is 0 Å². The normalized spacial score (nSPS) is 16.0. The summed E-state index contributed by atoms with van der Waals surface area (Å²) in [4.78, 5) is 15.4. The lowest BCUT2D eigenvalue weighted by Crippen LogP contribution is -2.05. The van der Waals surface area contributed by atoms with E-state index in [1.54, 1.807) is 6.20 Å². The topological polar surface area (TPSA) is 32.9 Å². The van der Waals surface area contributed by atoms with Crippen molar-refractivity contribution in [3.63, 3.8) is 0 Å². The van der Waals surface area contributed by atoms with Crippen LogP contribution in [0.15, 0.2) is 42.7 Å². The van der Waals surface area contributed by atoms with Crippen molar-refractivity contribution >= 4 is 5.78 Å². The Morgan fingerprint density at radius 3 is 2.39 bits per heavy atom. The van der Waals surface area contributed by atoms with Crippen molar-refractivity contribution in [2.24, 2.45) is 0 Å². The molecule has 0 atom stereocenters. The van der Waals surface area contributed by atoms with Crippen molar-refractivity contribution < 1.29 is 4.79 Å². The summed E-state index contributed by atoms with van der Waals surface area (Å²) in [5.41, 5.74) is 2.38. The van der Waals surface area contributed by atoms with E-state index < -0.39 is 0 Å². The molecule has 5 radical (unpaired) electrons. The zero-order valence-electron chi connectivity index (χ0n) is 9.76. The maximum absolute atomic E-state index is 12.4. The number of carbonyl (C=O) groups excluding carboxylic acids is 1. The molecule has 0 amide bonds. The number of aromatic amines is 1. The zero-order valence-corrected chi connectivity index (χ0v) is 9.76. The minimum Gasteiger partial charge on any atom is -0.367 e. The van der Waals surface area contributed by atoms with E-state index in [1.807, 2.05) is 62.2 Å². The predicted octanol–water partition coefficient (Wildman–Crippen LogP) is 3.00. The van der Waals surface area contributed by atoms with Crippen LogP contribution in [0.4, 0.5) is 0 Å². The summed E-state index contributed by atoms with van der Waals surface area (Å²) in [6.07, 6.45) is 11.6. The molecule has 1 aromatic carbocycles. The summed E-state index contributed by atoms with van der Waals surface area (Å²) < 4.78 is 0. The van der Waals surface area contributed by atoms with Crippen molar-refractivity contribution in [1.29, 1.82) is 0 Å². The summed E-state index contributed by atoms with van der Waals surface area (Å²) in [5.74, 6) is 1.11. The summed E-state index contributed by atoms with van der Waals surface area (Å²) in [6.45, 7) is 0. The van der Waals surface area contributed by atoms with Gasteiger partial charge >= 0.3 is 0 Å². The highest BCUT2D eigenvalue weighted by atomic mass is 16.1. The summed E-state index contributed by atoms with van der Waals surface area (Å²) in [5, 5.41) is 0. The van der Waals surface area contributed by atoms with Crippen molar-refractivity contribution in [3.05, 3.63) is 91.0 Å². The Morgan fingerprint density at radius 2 is 1.67 bits per heavy atom. The standard InChI is InChI=1S/C16H12NO/c18-16(13-8-2-1-3-9-13)15-11-17-10-14(15)12-6-4-5-7-12/h1-11,17H. The molecule has 1 aliphatic rings. The number of ketones is 1. The fourth-order valence-electron chi connectivity index (χ4n) is 2.09. The Labute approximate surface area is 107 Å². The van der Waals surface area contributed by atoms with E-state index >= 15 is 0 Å². The van der Waals surface area contributed by atoms with E-state index in [2.05, 4.69) is 4.98 Å². The van der Waals surface area contributed by atoms with Crippen LogP contribution in [0.2, 0.25) is 0 Å². The molecule has 18 heavy (non-hydrogen) atoms. The fourth-order valence-corrected chi connectivity index (χ4v) is 2.09. The highest BCUT2D eigenvalue weighted by Gasteiger charge is 2.25. The lowest BCUT2D eigenvalue weighted by atomic mass is 9.93. The van der Waals surface area contributed by atoms with E-state index in [0.717, 1.165) is 11.5 Å². The first-order chi connectivity index (χ1) is 8.86. The molecule has 1 aromatic heterocycles. The number of aromatic nitrogens is 1. The quantitative estimate of drug-likeness (QED) is 0.814. The van der Waals surface area contributed by atoms with Crippen LogP contribution in [0.1, 0.15) is 21.5 Å². The molecule has 3 rings (SSSR count). The smallest absolute Gasteiger partial charge is 0.194 e. The average Bonchev–Trinajstić information content (AvgIpc) is 3.09. The van der Waals surface area contributed by atoms with Gasteiger partial charge in [-0.3, -0.25) is 4.79 Å². The monoisotopic (exact) mass is 234 g/mol. The number of hydrogen-bond acceptors (Lipinski definition) is 1. The third-order valence-electron chi connectivity index (χ3n) is 3.00. The third kappa shape index (κ3) is 1.99. The SMILES string of the molecule is O=C(c1ccccc1)c1c[nH]cc1[C]1[CH][CH][CH][CH]1. The Kier molecular flexibility index (Phi) is 3.01. The van der Waals surface area contributed by atoms with Crippen molar-refractivity contribution in [2.45, 2.75) is 0 Å². The molecule has 1 aliphatic carbocycles. The van der Waals surface area contributed by atoms with E-state index in [1.165, 1.54) is 0 Å². The molecule has 0 aliphatic heterocycles. The molecule has 1 saturated carbocycles. The number of carbonyl (C=O) groups is 1. The molecule has 0 bridgehead atoms. The minimum absolute atomic E-state index is 0.0491. The summed E-state index contributed by atoms with van der Waals surface area (Å²) in [7, 11) is 0. The van der Waals surface area contributed by atoms with Gasteiger partial charge in [0.25, 0.3) is 0 Å². The molecule has 2 heteroatoms. The van der Waals surface area contributed by atoms with Crippen LogP contribution in [0.5, 0.6) is 0 Å². The summed E-state index contributed by atoms with van der Waals surface area (Å²) >= 11 is 0. The fraction of sp³-hybridized carbons (Fsp3) is 0. The van der Waals surface area contributed by atoms with Gasteiger partial charge in [0.15, 0.2) is 5.78 Å².